The van der Waals surface area contributed by atoms with Crippen LogP contribution in [0.4, 0.5) is 5.69 Å². The van der Waals surface area contributed by atoms with Crippen LogP contribution >= 0.6 is 0 Å². The van der Waals surface area contributed by atoms with Crippen LogP contribution in [0.15, 0.2) is 79.0 Å². The number of aryl methyl sites for hydroxylation is 2. The van der Waals surface area contributed by atoms with Gasteiger partial charge in [0.05, 0.1) is 7.11 Å². The Morgan fingerprint density at radius 3 is 2.25 bits per heavy atom. The molecule has 160 valence electrons. The van der Waals surface area contributed by atoms with Gasteiger partial charge in [-0.2, -0.15) is 4.98 Å². The van der Waals surface area contributed by atoms with Gasteiger partial charge in [0, 0.05) is 29.1 Å². The van der Waals surface area contributed by atoms with Crippen molar-refractivity contribution in [3.8, 4) is 28.8 Å². The van der Waals surface area contributed by atoms with Crippen molar-refractivity contribution in [2.24, 2.45) is 0 Å². The summed E-state index contributed by atoms with van der Waals surface area (Å²) in [5.41, 5.74) is 4.43. The molecule has 0 bridgehead atoms. The number of benzene rings is 3. The Balaban J connectivity index is 1.46. The van der Waals surface area contributed by atoms with E-state index in [9.17, 15) is 4.79 Å². The minimum absolute atomic E-state index is 0.169. The van der Waals surface area contributed by atoms with Crippen LogP contribution in [-0.2, 0) is 0 Å². The molecule has 0 saturated carbocycles. The van der Waals surface area contributed by atoms with E-state index in [0.29, 0.717) is 23.0 Å². The Morgan fingerprint density at radius 2 is 1.56 bits per heavy atom. The van der Waals surface area contributed by atoms with Gasteiger partial charge < -0.3 is 14.8 Å². The monoisotopic (exact) mass is 425 g/mol. The molecule has 0 unspecified atom stereocenters. The molecule has 6 nitrogen and oxygen atoms in total. The Kier molecular flexibility index (Phi) is 6.12. The summed E-state index contributed by atoms with van der Waals surface area (Å²) in [4.78, 5) is 21.4. The second-order valence-corrected chi connectivity index (χ2v) is 7.33. The van der Waals surface area contributed by atoms with E-state index >= 15 is 0 Å². The number of amides is 1. The number of hydrogen-bond donors (Lipinski definition) is 1. The number of aromatic nitrogens is 2. The Bertz CT molecular complexity index is 1240. The molecule has 1 N–H and O–H groups in total. The van der Waals surface area contributed by atoms with Gasteiger partial charge in [-0.05, 0) is 73.5 Å². The molecule has 1 amide bonds. The van der Waals surface area contributed by atoms with Gasteiger partial charge in [0.2, 0.25) is 5.88 Å². The lowest BCUT2D eigenvalue weighted by Crippen LogP contribution is -2.12. The van der Waals surface area contributed by atoms with E-state index in [1.165, 1.54) is 5.56 Å². The molecule has 0 aliphatic rings. The fourth-order valence-corrected chi connectivity index (χ4v) is 3.10. The Hall–Kier alpha value is -4.19. The quantitative estimate of drug-likeness (QED) is 0.422. The van der Waals surface area contributed by atoms with Crippen molar-refractivity contribution in [3.05, 3.63) is 95.7 Å². The van der Waals surface area contributed by atoms with E-state index in [2.05, 4.69) is 15.3 Å². The average molecular weight is 425 g/mol. The van der Waals surface area contributed by atoms with Gasteiger partial charge in [-0.15, -0.1) is 0 Å². The zero-order chi connectivity index (χ0) is 22.5. The van der Waals surface area contributed by atoms with Gasteiger partial charge >= 0.3 is 0 Å². The minimum atomic E-state index is -0.169. The molecule has 0 radical (unpaired) electrons. The maximum atomic E-state index is 12.6. The van der Waals surface area contributed by atoms with E-state index in [-0.39, 0.29) is 5.91 Å². The molecule has 0 fully saturated rings. The van der Waals surface area contributed by atoms with Gasteiger partial charge in [0.15, 0.2) is 5.82 Å². The van der Waals surface area contributed by atoms with Crippen molar-refractivity contribution in [1.82, 2.24) is 9.97 Å². The van der Waals surface area contributed by atoms with E-state index in [0.717, 1.165) is 22.6 Å². The first-order chi connectivity index (χ1) is 15.5. The average Bonchev–Trinajstić information content (AvgIpc) is 2.82. The number of nitrogens with zero attached hydrogens (tertiary/aromatic N) is 2. The highest BCUT2D eigenvalue weighted by atomic mass is 16.5. The summed E-state index contributed by atoms with van der Waals surface area (Å²) in [6, 6.07) is 22.0. The molecule has 0 atom stereocenters. The molecule has 4 aromatic rings. The maximum absolute atomic E-state index is 12.6. The summed E-state index contributed by atoms with van der Waals surface area (Å²) in [5.74, 6) is 2.17. The summed E-state index contributed by atoms with van der Waals surface area (Å²) in [6.07, 6.45) is 1.64. The molecule has 3 aromatic carbocycles. The third kappa shape index (κ3) is 4.92. The lowest BCUT2D eigenvalue weighted by molar-refractivity contribution is 0.102. The van der Waals surface area contributed by atoms with Gasteiger partial charge in [-0.25, -0.2) is 4.98 Å². The highest BCUT2D eigenvalue weighted by Gasteiger charge is 2.09. The van der Waals surface area contributed by atoms with Crippen LogP contribution in [0.5, 0.6) is 17.4 Å². The summed E-state index contributed by atoms with van der Waals surface area (Å²) in [5, 5.41) is 2.93. The highest BCUT2D eigenvalue weighted by molar-refractivity contribution is 6.04. The minimum Gasteiger partial charge on any atom is -0.497 e. The first-order valence-electron chi connectivity index (χ1n) is 10.2. The number of carbonyl (C=O) groups excluding carboxylic acids is 1. The molecule has 1 heterocycles. The van der Waals surface area contributed by atoms with E-state index < -0.39 is 0 Å². The molecule has 32 heavy (non-hydrogen) atoms. The number of anilines is 1. The molecule has 0 aliphatic heterocycles. The second-order valence-electron chi connectivity index (χ2n) is 7.33. The lowest BCUT2D eigenvalue weighted by Gasteiger charge is -2.09. The number of methoxy groups -OCH3 is 1. The van der Waals surface area contributed by atoms with Crippen molar-refractivity contribution >= 4 is 11.6 Å². The molecule has 6 heteroatoms. The summed E-state index contributed by atoms with van der Waals surface area (Å²) in [6.45, 7) is 4.06. The van der Waals surface area contributed by atoms with Crippen molar-refractivity contribution < 1.29 is 14.3 Å². The molecule has 1 aromatic heterocycles. The van der Waals surface area contributed by atoms with Crippen LogP contribution < -0.4 is 14.8 Å². The zero-order valence-electron chi connectivity index (χ0n) is 18.1. The third-order valence-electron chi connectivity index (χ3n) is 5.08. The van der Waals surface area contributed by atoms with Crippen molar-refractivity contribution in [1.29, 1.82) is 0 Å². The first kappa shape index (κ1) is 21.1. The van der Waals surface area contributed by atoms with Gasteiger partial charge in [0.1, 0.15) is 11.5 Å². The predicted molar refractivity (Wildman–Crippen MR) is 124 cm³/mol. The zero-order valence-corrected chi connectivity index (χ0v) is 18.1. The van der Waals surface area contributed by atoms with Gasteiger partial charge in [-0.3, -0.25) is 4.79 Å². The molecule has 0 aliphatic carbocycles. The highest BCUT2D eigenvalue weighted by Crippen LogP contribution is 2.24. The van der Waals surface area contributed by atoms with Crippen molar-refractivity contribution in [2.45, 2.75) is 13.8 Å². The molecule has 4 rings (SSSR count). The van der Waals surface area contributed by atoms with Crippen molar-refractivity contribution in [2.75, 3.05) is 12.4 Å². The summed E-state index contributed by atoms with van der Waals surface area (Å²) < 4.78 is 11.0. The fourth-order valence-electron chi connectivity index (χ4n) is 3.10. The number of carbonyl (C=O) groups is 1. The molecule has 0 spiro atoms. The number of rotatable bonds is 6. The predicted octanol–water partition coefficient (Wildman–Crippen LogP) is 5.81. The van der Waals surface area contributed by atoms with Crippen LogP contribution in [0, 0.1) is 13.8 Å². The second kappa shape index (κ2) is 9.31. The van der Waals surface area contributed by atoms with Crippen LogP contribution in [0.2, 0.25) is 0 Å². The van der Waals surface area contributed by atoms with Gasteiger partial charge in [0.25, 0.3) is 5.91 Å². The van der Waals surface area contributed by atoms with Crippen LogP contribution in [0.1, 0.15) is 21.5 Å². The smallest absolute Gasteiger partial charge is 0.255 e. The first-order valence-corrected chi connectivity index (χ1v) is 10.2. The van der Waals surface area contributed by atoms with Crippen LogP contribution in [-0.4, -0.2) is 23.0 Å². The number of ether oxygens (including phenoxy) is 2. The molecular weight excluding hydrogens is 402 g/mol. The van der Waals surface area contributed by atoms with E-state index in [1.54, 1.807) is 31.5 Å². The van der Waals surface area contributed by atoms with Crippen molar-refractivity contribution in [3.63, 3.8) is 0 Å². The topological polar surface area (TPSA) is 73.3 Å². The fraction of sp³-hybridized carbons (Fsp3) is 0.115. The number of nitrogens with one attached hydrogen (secondary N) is 1. The van der Waals surface area contributed by atoms with Gasteiger partial charge in [-0.1, -0.05) is 18.2 Å². The Labute approximate surface area is 186 Å². The molecule has 0 saturated heterocycles. The van der Waals surface area contributed by atoms with E-state index in [4.69, 9.17) is 9.47 Å². The molecular formula is C26H23N3O3. The summed E-state index contributed by atoms with van der Waals surface area (Å²) >= 11 is 0. The lowest BCUT2D eigenvalue weighted by atomic mass is 10.1. The summed E-state index contributed by atoms with van der Waals surface area (Å²) in [7, 11) is 1.62. The third-order valence-corrected chi connectivity index (χ3v) is 5.08. The number of hydrogen-bond acceptors (Lipinski definition) is 5. The standard InChI is InChI=1S/C26H23N3O3/c1-17-4-9-21(16-18(17)2)28-26(30)20-7-5-19(6-8-20)25-27-15-14-24(29-25)32-23-12-10-22(31-3)11-13-23/h4-16H,1-3H3,(H,28,30). The Morgan fingerprint density at radius 1 is 0.844 bits per heavy atom. The normalized spacial score (nSPS) is 10.5. The van der Waals surface area contributed by atoms with Crippen LogP contribution in [0.25, 0.3) is 11.4 Å². The van der Waals surface area contributed by atoms with Crippen LogP contribution in [0.3, 0.4) is 0 Å². The largest absolute Gasteiger partial charge is 0.497 e. The SMILES string of the molecule is COc1ccc(Oc2ccnc(-c3ccc(C(=O)Nc4ccc(C)c(C)c4)cc3)n2)cc1. The van der Waals surface area contributed by atoms with E-state index in [1.807, 2.05) is 68.4 Å². The maximum Gasteiger partial charge on any atom is 0.255 e.